The summed E-state index contributed by atoms with van der Waals surface area (Å²) < 4.78 is 30.3. The van der Waals surface area contributed by atoms with Gasteiger partial charge in [0, 0.05) is 25.9 Å². The SMILES string of the molecule is COc1ccc(/C=C\C(=O)NC(=S)Nc2ccc(S(=O)(=O)N(C)C)cc2)cc1. The molecule has 2 aromatic carbocycles. The number of carbonyl (C=O) groups excluding carboxylic acids is 1. The van der Waals surface area contributed by atoms with Gasteiger partial charge < -0.3 is 10.1 Å². The molecule has 2 N–H and O–H groups in total. The molecule has 0 aliphatic rings. The number of thiocarbonyl (C=S) groups is 1. The highest BCUT2D eigenvalue weighted by atomic mass is 32.2. The summed E-state index contributed by atoms with van der Waals surface area (Å²) in [5, 5.41) is 5.47. The number of amides is 1. The lowest BCUT2D eigenvalue weighted by atomic mass is 10.2. The molecule has 148 valence electrons. The molecule has 0 saturated heterocycles. The predicted octanol–water partition coefficient (Wildman–Crippen LogP) is 2.47. The number of nitrogens with one attached hydrogen (secondary N) is 2. The molecule has 9 heteroatoms. The van der Waals surface area contributed by atoms with E-state index in [2.05, 4.69) is 10.6 Å². The van der Waals surface area contributed by atoms with Crippen molar-refractivity contribution in [1.82, 2.24) is 9.62 Å². The van der Waals surface area contributed by atoms with Gasteiger partial charge in [-0.3, -0.25) is 10.1 Å². The van der Waals surface area contributed by atoms with Crippen molar-refractivity contribution < 1.29 is 17.9 Å². The number of hydrogen-bond acceptors (Lipinski definition) is 5. The zero-order chi connectivity index (χ0) is 20.7. The van der Waals surface area contributed by atoms with Crippen LogP contribution in [0.4, 0.5) is 5.69 Å². The van der Waals surface area contributed by atoms with Gasteiger partial charge in [0.15, 0.2) is 5.11 Å². The van der Waals surface area contributed by atoms with E-state index < -0.39 is 10.0 Å². The van der Waals surface area contributed by atoms with Crippen molar-refractivity contribution in [2.24, 2.45) is 0 Å². The van der Waals surface area contributed by atoms with Gasteiger partial charge in [-0.05, 0) is 60.3 Å². The fourth-order valence-electron chi connectivity index (χ4n) is 2.12. The summed E-state index contributed by atoms with van der Waals surface area (Å²) in [4.78, 5) is 12.1. The van der Waals surface area contributed by atoms with E-state index >= 15 is 0 Å². The number of ether oxygens (including phenoxy) is 1. The van der Waals surface area contributed by atoms with Crippen LogP contribution in [0.25, 0.3) is 6.08 Å². The molecule has 0 aliphatic heterocycles. The number of hydrogen-bond donors (Lipinski definition) is 2. The van der Waals surface area contributed by atoms with Gasteiger partial charge in [0.1, 0.15) is 5.75 Å². The number of nitrogens with zero attached hydrogens (tertiary/aromatic N) is 1. The molecule has 0 spiro atoms. The summed E-state index contributed by atoms with van der Waals surface area (Å²) in [6, 6.07) is 13.3. The fourth-order valence-corrected chi connectivity index (χ4v) is 3.24. The smallest absolute Gasteiger partial charge is 0.250 e. The zero-order valence-corrected chi connectivity index (χ0v) is 17.3. The number of sulfonamides is 1. The van der Waals surface area contributed by atoms with Crippen LogP contribution in [0.5, 0.6) is 5.75 Å². The maximum atomic E-state index is 12.0. The standard InChI is InChI=1S/C19H21N3O4S2/c1-22(2)28(24,25)17-11-7-15(8-12-17)20-19(27)21-18(23)13-6-14-4-9-16(26-3)10-5-14/h4-13H,1-3H3,(H2,20,21,23,27)/b13-6-. The van der Waals surface area contributed by atoms with Gasteiger partial charge in [0.05, 0.1) is 12.0 Å². The Morgan fingerprint density at radius 3 is 2.21 bits per heavy atom. The number of rotatable bonds is 6. The molecule has 0 heterocycles. The number of carbonyl (C=O) groups is 1. The third-order valence-corrected chi connectivity index (χ3v) is 5.70. The topological polar surface area (TPSA) is 87.7 Å². The van der Waals surface area contributed by atoms with Gasteiger partial charge in [-0.1, -0.05) is 12.1 Å². The molecule has 1 amide bonds. The minimum absolute atomic E-state index is 0.104. The lowest BCUT2D eigenvalue weighted by molar-refractivity contribution is -0.115. The Labute approximate surface area is 170 Å². The Bertz CT molecular complexity index is 967. The van der Waals surface area contributed by atoms with Crippen molar-refractivity contribution in [3.8, 4) is 5.75 Å². The van der Waals surface area contributed by atoms with E-state index in [1.165, 1.54) is 32.3 Å². The van der Waals surface area contributed by atoms with Crippen molar-refractivity contribution >= 4 is 45.0 Å². The molecule has 0 aromatic heterocycles. The van der Waals surface area contributed by atoms with Crippen LogP contribution in [0.15, 0.2) is 59.5 Å². The molecule has 0 radical (unpaired) electrons. The molecule has 0 saturated carbocycles. The van der Waals surface area contributed by atoms with Crippen LogP contribution < -0.4 is 15.4 Å². The van der Waals surface area contributed by atoms with Gasteiger partial charge in [0.2, 0.25) is 15.9 Å². The van der Waals surface area contributed by atoms with Crippen molar-refractivity contribution in [3.05, 3.63) is 60.2 Å². The first-order valence-corrected chi connectivity index (χ1v) is 10.0. The minimum atomic E-state index is -3.49. The van der Waals surface area contributed by atoms with Crippen LogP contribution in [0.1, 0.15) is 5.56 Å². The monoisotopic (exact) mass is 419 g/mol. The lowest BCUT2D eigenvalue weighted by Gasteiger charge is -2.12. The van der Waals surface area contributed by atoms with Gasteiger partial charge in [0.25, 0.3) is 0 Å². The molecule has 2 aromatic rings. The van der Waals surface area contributed by atoms with E-state index in [1.54, 1.807) is 37.5 Å². The summed E-state index contributed by atoms with van der Waals surface area (Å²) in [6.45, 7) is 0. The Kier molecular flexibility index (Phi) is 7.27. The summed E-state index contributed by atoms with van der Waals surface area (Å²) in [5.41, 5.74) is 1.40. The Balaban J connectivity index is 1.92. The van der Waals surface area contributed by atoms with E-state index in [1.807, 2.05) is 12.1 Å². The third kappa shape index (κ3) is 5.88. The molecule has 0 fully saturated rings. The Morgan fingerprint density at radius 1 is 1.07 bits per heavy atom. The van der Waals surface area contributed by atoms with Crippen molar-refractivity contribution in [1.29, 1.82) is 0 Å². The summed E-state index contributed by atoms with van der Waals surface area (Å²) in [5.74, 6) is 0.344. The van der Waals surface area contributed by atoms with Crippen molar-refractivity contribution in [3.63, 3.8) is 0 Å². The Morgan fingerprint density at radius 2 is 1.68 bits per heavy atom. The highest BCUT2D eigenvalue weighted by Crippen LogP contribution is 2.16. The molecule has 0 atom stereocenters. The van der Waals surface area contributed by atoms with Crippen LogP contribution in [0, 0.1) is 0 Å². The summed E-state index contributed by atoms with van der Waals surface area (Å²) >= 11 is 5.10. The van der Waals surface area contributed by atoms with Crippen molar-refractivity contribution in [2.75, 3.05) is 26.5 Å². The highest BCUT2D eigenvalue weighted by molar-refractivity contribution is 7.89. The molecule has 0 bridgehead atoms. The quantitative estimate of drug-likeness (QED) is 0.553. The number of benzene rings is 2. The second-order valence-electron chi connectivity index (χ2n) is 5.86. The van der Waals surface area contributed by atoms with Crippen LogP contribution in [0.3, 0.4) is 0 Å². The lowest BCUT2D eigenvalue weighted by Crippen LogP contribution is -2.32. The largest absolute Gasteiger partial charge is 0.497 e. The van der Waals surface area contributed by atoms with E-state index in [4.69, 9.17) is 17.0 Å². The van der Waals surface area contributed by atoms with E-state index in [0.29, 0.717) is 5.69 Å². The van der Waals surface area contributed by atoms with Crippen molar-refractivity contribution in [2.45, 2.75) is 4.90 Å². The predicted molar refractivity (Wildman–Crippen MR) is 114 cm³/mol. The molecule has 0 unspecified atom stereocenters. The third-order valence-electron chi connectivity index (χ3n) is 3.67. The van der Waals surface area contributed by atoms with Gasteiger partial charge in [-0.25, -0.2) is 12.7 Å². The average molecular weight is 420 g/mol. The normalized spacial score (nSPS) is 11.4. The average Bonchev–Trinajstić information content (AvgIpc) is 2.67. The second kappa shape index (κ2) is 9.45. The zero-order valence-electron chi connectivity index (χ0n) is 15.7. The molecule has 7 nitrogen and oxygen atoms in total. The molecular formula is C19H21N3O4S2. The van der Waals surface area contributed by atoms with Crippen LogP contribution in [-0.4, -0.2) is 44.9 Å². The van der Waals surface area contributed by atoms with Crippen LogP contribution in [-0.2, 0) is 14.8 Å². The molecule has 2 rings (SSSR count). The maximum Gasteiger partial charge on any atom is 0.250 e. The number of anilines is 1. The maximum absolute atomic E-state index is 12.0. The van der Waals surface area contributed by atoms with Gasteiger partial charge >= 0.3 is 0 Å². The summed E-state index contributed by atoms with van der Waals surface area (Å²) in [6.07, 6.45) is 3.01. The van der Waals surface area contributed by atoms with E-state index in [9.17, 15) is 13.2 Å². The first-order valence-electron chi connectivity index (χ1n) is 8.19. The van der Waals surface area contributed by atoms with Gasteiger partial charge in [-0.15, -0.1) is 0 Å². The van der Waals surface area contributed by atoms with E-state index in [-0.39, 0.29) is 15.9 Å². The molecular weight excluding hydrogens is 398 g/mol. The fraction of sp³-hybridized carbons (Fsp3) is 0.158. The summed E-state index contributed by atoms with van der Waals surface area (Å²) in [7, 11) is 1.02. The van der Waals surface area contributed by atoms with Crippen LogP contribution in [0.2, 0.25) is 0 Å². The highest BCUT2D eigenvalue weighted by Gasteiger charge is 2.16. The second-order valence-corrected chi connectivity index (χ2v) is 8.42. The Hall–Kier alpha value is -2.75. The first kappa shape index (κ1) is 21.5. The van der Waals surface area contributed by atoms with Gasteiger partial charge in [-0.2, -0.15) is 0 Å². The molecule has 0 aliphatic carbocycles. The van der Waals surface area contributed by atoms with E-state index in [0.717, 1.165) is 15.6 Å². The number of methoxy groups -OCH3 is 1. The first-order chi connectivity index (χ1) is 13.2. The molecule has 28 heavy (non-hydrogen) atoms. The van der Waals surface area contributed by atoms with Crippen LogP contribution >= 0.6 is 12.2 Å². The minimum Gasteiger partial charge on any atom is -0.497 e.